The van der Waals surface area contributed by atoms with Crippen molar-refractivity contribution in [2.24, 2.45) is 0 Å². The zero-order valence-electron chi connectivity index (χ0n) is 12.7. The molecule has 1 aromatic heterocycles. The van der Waals surface area contributed by atoms with Crippen molar-refractivity contribution >= 4 is 34.8 Å². The van der Waals surface area contributed by atoms with Gasteiger partial charge in [-0.05, 0) is 42.8 Å². The molecule has 0 radical (unpaired) electrons. The molecule has 1 amide bonds. The zero-order chi connectivity index (χ0) is 17.1. The van der Waals surface area contributed by atoms with Gasteiger partial charge in [0.05, 0.1) is 6.42 Å². The monoisotopic (exact) mass is 361 g/mol. The van der Waals surface area contributed by atoms with Crippen molar-refractivity contribution in [3.05, 3.63) is 63.9 Å². The Kier molecular flexibility index (Phi) is 4.83. The first kappa shape index (κ1) is 16.5. The molecule has 5 nitrogen and oxygen atoms in total. The van der Waals surface area contributed by atoms with Crippen LogP contribution in [0.4, 0.5) is 5.69 Å². The lowest BCUT2D eigenvalue weighted by Crippen LogP contribution is -2.15. The van der Waals surface area contributed by atoms with Crippen LogP contribution in [0.15, 0.2) is 47.0 Å². The first-order chi connectivity index (χ1) is 11.5. The molecule has 7 heteroatoms. The normalized spacial score (nSPS) is 10.6. The van der Waals surface area contributed by atoms with E-state index in [1.807, 2.05) is 13.0 Å². The molecule has 0 aliphatic heterocycles. The van der Waals surface area contributed by atoms with E-state index >= 15 is 0 Å². The Morgan fingerprint density at radius 3 is 2.75 bits per heavy atom. The molecule has 0 atom stereocenters. The minimum absolute atomic E-state index is 0.00395. The largest absolute Gasteiger partial charge is 0.334 e. The Labute approximate surface area is 148 Å². The summed E-state index contributed by atoms with van der Waals surface area (Å²) < 4.78 is 5.18. The maximum Gasteiger partial charge on any atom is 0.257 e. The van der Waals surface area contributed by atoms with Gasteiger partial charge < -0.3 is 9.84 Å². The number of carbonyl (C=O) groups excluding carboxylic acids is 1. The third-order valence-corrected chi connectivity index (χ3v) is 3.80. The summed E-state index contributed by atoms with van der Waals surface area (Å²) in [6.07, 6.45) is -0.00395. The van der Waals surface area contributed by atoms with E-state index in [-0.39, 0.29) is 12.3 Å². The minimum atomic E-state index is -0.251. The molecule has 3 aromatic rings. The fourth-order valence-corrected chi connectivity index (χ4v) is 2.49. The maximum absolute atomic E-state index is 12.1. The molecule has 1 heterocycles. The number of hydrogen-bond donors (Lipinski definition) is 1. The summed E-state index contributed by atoms with van der Waals surface area (Å²) in [4.78, 5) is 16.4. The summed E-state index contributed by atoms with van der Waals surface area (Å²) in [6, 6.07) is 12.4. The highest BCUT2D eigenvalue weighted by atomic mass is 35.5. The van der Waals surface area contributed by atoms with Gasteiger partial charge in [0.1, 0.15) is 0 Å². The number of nitrogens with one attached hydrogen (secondary N) is 1. The highest BCUT2D eigenvalue weighted by Crippen LogP contribution is 2.22. The van der Waals surface area contributed by atoms with Crippen LogP contribution in [-0.4, -0.2) is 16.0 Å². The smallest absolute Gasteiger partial charge is 0.257 e. The molecular weight excluding hydrogens is 349 g/mol. The van der Waals surface area contributed by atoms with Gasteiger partial charge >= 0.3 is 0 Å². The average molecular weight is 362 g/mol. The number of benzene rings is 2. The number of hydrogen-bond acceptors (Lipinski definition) is 4. The molecule has 0 unspecified atom stereocenters. The SMILES string of the molecule is Cc1ccc(Cl)cc1NC(=O)Cc1noc(-c2cccc(Cl)c2)n1. The molecule has 0 fully saturated rings. The van der Waals surface area contributed by atoms with E-state index < -0.39 is 0 Å². The summed E-state index contributed by atoms with van der Waals surface area (Å²) in [7, 11) is 0. The number of anilines is 1. The molecule has 0 bridgehead atoms. The fraction of sp³-hybridized carbons (Fsp3) is 0.118. The predicted molar refractivity (Wildman–Crippen MR) is 93.3 cm³/mol. The third-order valence-electron chi connectivity index (χ3n) is 3.33. The van der Waals surface area contributed by atoms with E-state index in [4.69, 9.17) is 27.7 Å². The number of nitrogens with zero attached hydrogens (tertiary/aromatic N) is 2. The van der Waals surface area contributed by atoms with Gasteiger partial charge in [-0.2, -0.15) is 4.98 Å². The van der Waals surface area contributed by atoms with Crippen LogP contribution in [0.2, 0.25) is 10.0 Å². The average Bonchev–Trinajstić information content (AvgIpc) is 2.99. The van der Waals surface area contributed by atoms with Crippen LogP contribution in [0.3, 0.4) is 0 Å². The summed E-state index contributed by atoms with van der Waals surface area (Å²) in [6.45, 7) is 1.89. The van der Waals surface area contributed by atoms with E-state index in [0.29, 0.717) is 33.0 Å². The van der Waals surface area contributed by atoms with Crippen molar-refractivity contribution < 1.29 is 9.32 Å². The number of aromatic nitrogens is 2. The number of aryl methyl sites for hydroxylation is 1. The Morgan fingerprint density at radius 1 is 1.17 bits per heavy atom. The first-order valence-electron chi connectivity index (χ1n) is 7.16. The van der Waals surface area contributed by atoms with E-state index in [0.717, 1.165) is 5.56 Å². The first-order valence-corrected chi connectivity index (χ1v) is 7.91. The van der Waals surface area contributed by atoms with Crippen molar-refractivity contribution in [3.8, 4) is 11.5 Å². The van der Waals surface area contributed by atoms with Crippen molar-refractivity contribution in [2.45, 2.75) is 13.3 Å². The second-order valence-electron chi connectivity index (χ2n) is 5.21. The van der Waals surface area contributed by atoms with Crippen LogP contribution in [0.1, 0.15) is 11.4 Å². The van der Waals surface area contributed by atoms with E-state index in [2.05, 4.69) is 15.5 Å². The lowest BCUT2D eigenvalue weighted by molar-refractivity contribution is -0.115. The van der Waals surface area contributed by atoms with Crippen LogP contribution in [0.25, 0.3) is 11.5 Å². The van der Waals surface area contributed by atoms with Crippen LogP contribution in [-0.2, 0) is 11.2 Å². The van der Waals surface area contributed by atoms with E-state index in [9.17, 15) is 4.79 Å². The topological polar surface area (TPSA) is 68.0 Å². The number of rotatable bonds is 4. The van der Waals surface area contributed by atoms with E-state index in [1.165, 1.54) is 0 Å². The van der Waals surface area contributed by atoms with Gasteiger partial charge in [-0.3, -0.25) is 4.79 Å². The molecule has 1 N–H and O–H groups in total. The second-order valence-corrected chi connectivity index (χ2v) is 6.08. The second kappa shape index (κ2) is 7.03. The van der Waals surface area contributed by atoms with Crippen molar-refractivity contribution in [3.63, 3.8) is 0 Å². The molecular formula is C17H13Cl2N3O2. The third kappa shape index (κ3) is 3.93. The quantitative estimate of drug-likeness (QED) is 0.740. The molecule has 24 heavy (non-hydrogen) atoms. The van der Waals surface area contributed by atoms with Gasteiger partial charge in [0.15, 0.2) is 5.82 Å². The fourth-order valence-electron chi connectivity index (χ4n) is 2.13. The molecule has 2 aromatic carbocycles. The molecule has 0 saturated carbocycles. The van der Waals surface area contributed by atoms with Gasteiger partial charge in [-0.15, -0.1) is 0 Å². The highest BCUT2D eigenvalue weighted by molar-refractivity contribution is 6.31. The lowest BCUT2D eigenvalue weighted by Gasteiger charge is -2.07. The van der Waals surface area contributed by atoms with Gasteiger partial charge in [0.2, 0.25) is 5.91 Å². The molecule has 122 valence electrons. The summed E-state index contributed by atoms with van der Waals surface area (Å²) in [5.74, 6) is 0.361. The Hall–Kier alpha value is -2.37. The highest BCUT2D eigenvalue weighted by Gasteiger charge is 2.13. The standard InChI is InChI=1S/C17H13Cl2N3O2/c1-10-5-6-13(19)8-14(10)20-16(23)9-15-21-17(24-22-15)11-3-2-4-12(18)7-11/h2-8H,9H2,1H3,(H,20,23). The summed E-state index contributed by atoms with van der Waals surface area (Å²) in [5, 5.41) is 7.74. The molecule has 0 aliphatic rings. The Morgan fingerprint density at radius 2 is 1.96 bits per heavy atom. The van der Waals surface area contributed by atoms with Crippen molar-refractivity contribution in [1.82, 2.24) is 10.1 Å². The Balaban J connectivity index is 1.70. The minimum Gasteiger partial charge on any atom is -0.334 e. The van der Waals surface area contributed by atoms with Gasteiger partial charge in [-0.1, -0.05) is 40.5 Å². The predicted octanol–water partition coefficient (Wildman–Crippen LogP) is 4.53. The molecule has 3 rings (SSSR count). The number of carbonyl (C=O) groups is 1. The van der Waals surface area contributed by atoms with Gasteiger partial charge in [0, 0.05) is 21.3 Å². The van der Waals surface area contributed by atoms with Crippen molar-refractivity contribution in [1.29, 1.82) is 0 Å². The zero-order valence-corrected chi connectivity index (χ0v) is 14.2. The number of halogens is 2. The molecule has 0 aliphatic carbocycles. The van der Waals surface area contributed by atoms with Crippen LogP contribution in [0, 0.1) is 6.92 Å². The van der Waals surface area contributed by atoms with Gasteiger partial charge in [0.25, 0.3) is 5.89 Å². The maximum atomic E-state index is 12.1. The van der Waals surface area contributed by atoms with Crippen LogP contribution >= 0.6 is 23.2 Å². The lowest BCUT2D eigenvalue weighted by atomic mass is 10.2. The summed E-state index contributed by atoms with van der Waals surface area (Å²) >= 11 is 11.9. The molecule has 0 saturated heterocycles. The molecule has 0 spiro atoms. The van der Waals surface area contributed by atoms with E-state index in [1.54, 1.807) is 36.4 Å². The Bertz CT molecular complexity index is 893. The van der Waals surface area contributed by atoms with Crippen LogP contribution in [0.5, 0.6) is 0 Å². The number of amides is 1. The van der Waals surface area contributed by atoms with Crippen molar-refractivity contribution in [2.75, 3.05) is 5.32 Å². The summed E-state index contributed by atoms with van der Waals surface area (Å²) in [5.41, 5.74) is 2.28. The van der Waals surface area contributed by atoms with Crippen LogP contribution < -0.4 is 5.32 Å². The van der Waals surface area contributed by atoms with Gasteiger partial charge in [-0.25, -0.2) is 0 Å².